The maximum absolute atomic E-state index is 13.1. The molecular formula is C25H31FN6OS. The van der Waals surface area contributed by atoms with Crippen molar-refractivity contribution in [3.8, 4) is 11.4 Å². The van der Waals surface area contributed by atoms with Crippen molar-refractivity contribution in [2.75, 3.05) is 49.9 Å². The number of piperazine rings is 1. The number of nitrogens with zero attached hydrogens (tertiary/aromatic N) is 5. The molecule has 3 aromatic rings. The van der Waals surface area contributed by atoms with Gasteiger partial charge >= 0.3 is 0 Å². The second-order valence-corrected chi connectivity index (χ2v) is 9.25. The maximum atomic E-state index is 13.1. The van der Waals surface area contributed by atoms with E-state index in [9.17, 15) is 9.18 Å². The first-order chi connectivity index (χ1) is 16.5. The molecule has 0 bridgehead atoms. The lowest BCUT2D eigenvalue weighted by Gasteiger charge is -2.36. The molecule has 1 aliphatic heterocycles. The fourth-order valence-corrected chi connectivity index (χ4v) is 4.95. The van der Waals surface area contributed by atoms with Gasteiger partial charge in [-0.15, -0.1) is 10.2 Å². The van der Waals surface area contributed by atoms with Crippen LogP contribution >= 0.6 is 11.8 Å². The van der Waals surface area contributed by atoms with Crippen LogP contribution in [0.3, 0.4) is 0 Å². The number of anilines is 1. The van der Waals surface area contributed by atoms with Crippen LogP contribution in [0.4, 0.5) is 10.1 Å². The number of hydrogen-bond acceptors (Lipinski definition) is 6. The highest BCUT2D eigenvalue weighted by Crippen LogP contribution is 2.26. The molecule has 1 amide bonds. The molecule has 2 aromatic carbocycles. The number of hydrogen-bond donors (Lipinski definition) is 1. The van der Waals surface area contributed by atoms with Crippen molar-refractivity contribution in [1.29, 1.82) is 0 Å². The Kier molecular flexibility index (Phi) is 8.18. The Balaban J connectivity index is 1.20. The minimum absolute atomic E-state index is 0.00181. The lowest BCUT2D eigenvalue weighted by Crippen LogP contribution is -2.48. The second-order valence-electron chi connectivity index (χ2n) is 8.31. The van der Waals surface area contributed by atoms with Gasteiger partial charge < -0.3 is 14.8 Å². The van der Waals surface area contributed by atoms with E-state index in [4.69, 9.17) is 0 Å². The first-order valence-electron chi connectivity index (χ1n) is 11.7. The van der Waals surface area contributed by atoms with E-state index in [-0.39, 0.29) is 11.7 Å². The monoisotopic (exact) mass is 482 g/mol. The first-order valence-corrected chi connectivity index (χ1v) is 12.6. The number of aromatic nitrogens is 3. The molecule has 1 fully saturated rings. The SMILES string of the molecule is CCn1c(SCC(=O)NCCN2CCN(c3ccc(F)cc3)CC2)nnc1-c1ccccc1C. The van der Waals surface area contributed by atoms with E-state index < -0.39 is 0 Å². The molecule has 7 nitrogen and oxygen atoms in total. The van der Waals surface area contributed by atoms with E-state index in [0.717, 1.165) is 67.1 Å². The van der Waals surface area contributed by atoms with Crippen molar-refractivity contribution >= 4 is 23.4 Å². The van der Waals surface area contributed by atoms with Crippen molar-refractivity contribution in [2.45, 2.75) is 25.5 Å². The van der Waals surface area contributed by atoms with Crippen LogP contribution in [0.2, 0.25) is 0 Å². The molecule has 1 N–H and O–H groups in total. The fourth-order valence-electron chi connectivity index (χ4n) is 4.12. The van der Waals surface area contributed by atoms with E-state index >= 15 is 0 Å². The summed E-state index contributed by atoms with van der Waals surface area (Å²) in [6.07, 6.45) is 0. The van der Waals surface area contributed by atoms with Crippen LogP contribution in [0.1, 0.15) is 12.5 Å². The lowest BCUT2D eigenvalue weighted by molar-refractivity contribution is -0.118. The van der Waals surface area contributed by atoms with Gasteiger partial charge in [0.1, 0.15) is 5.82 Å². The Morgan fingerprint density at radius 3 is 2.50 bits per heavy atom. The first kappa shape index (κ1) is 24.2. The Labute approximate surface area is 204 Å². The van der Waals surface area contributed by atoms with Crippen LogP contribution in [0.5, 0.6) is 0 Å². The molecule has 2 heterocycles. The van der Waals surface area contributed by atoms with Gasteiger partial charge in [0.25, 0.3) is 0 Å². The van der Waals surface area contributed by atoms with Crippen LogP contribution in [0, 0.1) is 12.7 Å². The highest BCUT2D eigenvalue weighted by molar-refractivity contribution is 7.99. The highest BCUT2D eigenvalue weighted by Gasteiger charge is 2.18. The molecule has 180 valence electrons. The van der Waals surface area contributed by atoms with Crippen molar-refractivity contribution in [3.63, 3.8) is 0 Å². The number of thioether (sulfide) groups is 1. The van der Waals surface area contributed by atoms with Gasteiger partial charge in [0.05, 0.1) is 5.75 Å². The molecular weight excluding hydrogens is 451 g/mol. The van der Waals surface area contributed by atoms with Gasteiger partial charge in [0.2, 0.25) is 5.91 Å². The van der Waals surface area contributed by atoms with Gasteiger partial charge in [0.15, 0.2) is 11.0 Å². The molecule has 1 aromatic heterocycles. The van der Waals surface area contributed by atoms with Gasteiger partial charge in [0, 0.05) is 57.1 Å². The fraction of sp³-hybridized carbons (Fsp3) is 0.400. The topological polar surface area (TPSA) is 66.3 Å². The lowest BCUT2D eigenvalue weighted by atomic mass is 10.1. The predicted octanol–water partition coefficient (Wildman–Crippen LogP) is 3.44. The zero-order valence-electron chi connectivity index (χ0n) is 19.7. The molecule has 4 rings (SSSR count). The van der Waals surface area contributed by atoms with Crippen molar-refractivity contribution in [2.24, 2.45) is 0 Å². The molecule has 0 unspecified atom stereocenters. The van der Waals surface area contributed by atoms with E-state index in [2.05, 4.69) is 49.8 Å². The highest BCUT2D eigenvalue weighted by atomic mass is 32.2. The summed E-state index contributed by atoms with van der Waals surface area (Å²) in [5.41, 5.74) is 3.27. The Hall–Kier alpha value is -2.91. The maximum Gasteiger partial charge on any atom is 0.230 e. The minimum Gasteiger partial charge on any atom is -0.369 e. The summed E-state index contributed by atoms with van der Waals surface area (Å²) in [6, 6.07) is 14.8. The third kappa shape index (κ3) is 5.95. The molecule has 34 heavy (non-hydrogen) atoms. The molecule has 0 aliphatic carbocycles. The molecule has 0 saturated carbocycles. The molecule has 0 spiro atoms. The summed E-state index contributed by atoms with van der Waals surface area (Å²) in [5.74, 6) is 0.934. The number of carbonyl (C=O) groups excluding carboxylic acids is 1. The molecule has 0 radical (unpaired) electrons. The van der Waals surface area contributed by atoms with Gasteiger partial charge in [-0.2, -0.15) is 0 Å². The Bertz CT molecular complexity index is 1100. The molecule has 9 heteroatoms. The van der Waals surface area contributed by atoms with Gasteiger partial charge in [-0.3, -0.25) is 9.69 Å². The van der Waals surface area contributed by atoms with Crippen molar-refractivity contribution in [3.05, 3.63) is 59.9 Å². The van der Waals surface area contributed by atoms with E-state index in [1.165, 1.54) is 23.9 Å². The number of halogens is 1. The average Bonchev–Trinajstić information content (AvgIpc) is 3.27. The zero-order valence-corrected chi connectivity index (χ0v) is 20.5. The van der Waals surface area contributed by atoms with Gasteiger partial charge in [-0.25, -0.2) is 4.39 Å². The number of rotatable bonds is 9. The quantitative estimate of drug-likeness (QED) is 0.472. The number of aryl methyl sites for hydroxylation is 1. The summed E-state index contributed by atoms with van der Waals surface area (Å²) in [4.78, 5) is 17.0. The predicted molar refractivity (Wildman–Crippen MR) is 135 cm³/mol. The summed E-state index contributed by atoms with van der Waals surface area (Å²) in [6.45, 7) is 9.92. The van der Waals surface area contributed by atoms with E-state index in [0.29, 0.717) is 12.3 Å². The van der Waals surface area contributed by atoms with Crippen LogP contribution < -0.4 is 10.2 Å². The average molecular weight is 483 g/mol. The molecule has 0 atom stereocenters. The van der Waals surface area contributed by atoms with E-state index in [1.54, 1.807) is 0 Å². The number of nitrogens with one attached hydrogen (secondary N) is 1. The summed E-state index contributed by atoms with van der Waals surface area (Å²) in [5, 5.41) is 12.5. The normalized spacial score (nSPS) is 14.4. The minimum atomic E-state index is -0.210. The van der Waals surface area contributed by atoms with Crippen LogP contribution in [0.15, 0.2) is 53.7 Å². The van der Waals surface area contributed by atoms with Crippen LogP contribution in [0.25, 0.3) is 11.4 Å². The number of benzene rings is 2. The standard InChI is InChI=1S/C25H31FN6OS/c1-3-32-24(22-7-5-4-6-19(22)2)28-29-25(32)34-18-23(33)27-12-13-30-14-16-31(17-15-30)21-10-8-20(26)9-11-21/h4-11H,3,12-18H2,1-2H3,(H,27,33). The smallest absolute Gasteiger partial charge is 0.230 e. The molecule has 1 aliphatic rings. The van der Waals surface area contributed by atoms with Crippen molar-refractivity contribution in [1.82, 2.24) is 25.0 Å². The largest absolute Gasteiger partial charge is 0.369 e. The van der Waals surface area contributed by atoms with Gasteiger partial charge in [-0.05, 0) is 43.7 Å². The summed E-state index contributed by atoms with van der Waals surface area (Å²) in [7, 11) is 0. The summed E-state index contributed by atoms with van der Waals surface area (Å²) < 4.78 is 15.2. The second kappa shape index (κ2) is 11.5. The molecule has 1 saturated heterocycles. The number of amides is 1. The summed E-state index contributed by atoms with van der Waals surface area (Å²) >= 11 is 1.42. The number of carbonyl (C=O) groups is 1. The van der Waals surface area contributed by atoms with E-state index in [1.807, 2.05) is 30.3 Å². The third-order valence-electron chi connectivity index (χ3n) is 6.07. The third-order valence-corrected chi connectivity index (χ3v) is 7.03. The van der Waals surface area contributed by atoms with Crippen molar-refractivity contribution < 1.29 is 9.18 Å². The van der Waals surface area contributed by atoms with Crippen LogP contribution in [-0.4, -0.2) is 70.6 Å². The Morgan fingerprint density at radius 1 is 1.06 bits per heavy atom. The zero-order chi connectivity index (χ0) is 23.9. The van der Waals surface area contributed by atoms with Gasteiger partial charge in [-0.1, -0.05) is 36.0 Å². The Morgan fingerprint density at radius 2 is 1.79 bits per heavy atom. The van der Waals surface area contributed by atoms with Crippen LogP contribution in [-0.2, 0) is 11.3 Å².